The largest absolute Gasteiger partial charge is 0.494 e. The molecule has 0 fully saturated rings. The fraction of sp³-hybridized carbons (Fsp3) is 0.222. The average Bonchev–Trinajstić information content (AvgIpc) is 2.53. The Morgan fingerprint density at radius 3 is 2.48 bits per heavy atom. The molecule has 2 rings (SSSR count). The van der Waals surface area contributed by atoms with Crippen molar-refractivity contribution < 1.29 is 9.53 Å². The number of hydrogen-bond donors (Lipinski definition) is 1. The molecule has 0 aliphatic rings. The van der Waals surface area contributed by atoms with Gasteiger partial charge in [0.25, 0.3) is 0 Å². The summed E-state index contributed by atoms with van der Waals surface area (Å²) in [5.41, 5.74) is 1.24. The van der Waals surface area contributed by atoms with E-state index in [0.717, 1.165) is 5.75 Å². The van der Waals surface area contributed by atoms with Gasteiger partial charge < -0.3 is 14.6 Å². The van der Waals surface area contributed by atoms with Crippen LogP contribution in [0, 0.1) is 0 Å². The molecule has 1 aromatic heterocycles. The summed E-state index contributed by atoms with van der Waals surface area (Å²) in [4.78, 5) is 28.7. The predicted molar refractivity (Wildman–Crippen MR) is 90.8 cm³/mol. The zero-order chi connectivity index (χ0) is 16.8. The highest BCUT2D eigenvalue weighted by atomic mass is 16.5. The van der Waals surface area contributed by atoms with Gasteiger partial charge in [0.15, 0.2) is 5.78 Å². The average molecular weight is 312 g/mol. The molecule has 1 aromatic carbocycles. The van der Waals surface area contributed by atoms with E-state index >= 15 is 0 Å². The van der Waals surface area contributed by atoms with Gasteiger partial charge in [0, 0.05) is 37.5 Å². The van der Waals surface area contributed by atoms with E-state index in [2.05, 4.69) is 4.98 Å². The Balaban J connectivity index is 2.36. The summed E-state index contributed by atoms with van der Waals surface area (Å²) in [5.74, 6) is 0.570. The molecule has 0 spiro atoms. The number of benzene rings is 1. The Morgan fingerprint density at radius 1 is 1.17 bits per heavy atom. The zero-order valence-corrected chi connectivity index (χ0v) is 13.5. The molecule has 0 saturated heterocycles. The summed E-state index contributed by atoms with van der Waals surface area (Å²) in [6.45, 7) is 2.48. The third kappa shape index (κ3) is 4.32. The standard InChI is InChI=1S/C18H20N2O3/c1-4-23-14-7-5-13(6-8-14)18(22)15-9-10-17(21)19-16(15)11-12-20(2)3/h5-12H,4H2,1-3H3,(H,19,21)/b12-11+. The number of H-pyrrole nitrogens is 1. The van der Waals surface area contributed by atoms with Gasteiger partial charge in [-0.1, -0.05) is 0 Å². The van der Waals surface area contributed by atoms with Crippen LogP contribution >= 0.6 is 0 Å². The smallest absolute Gasteiger partial charge is 0.248 e. The fourth-order valence-electron chi connectivity index (χ4n) is 2.07. The molecule has 0 amide bonds. The van der Waals surface area contributed by atoms with Gasteiger partial charge in [-0.15, -0.1) is 0 Å². The van der Waals surface area contributed by atoms with Gasteiger partial charge >= 0.3 is 0 Å². The van der Waals surface area contributed by atoms with E-state index in [1.54, 1.807) is 42.6 Å². The van der Waals surface area contributed by atoms with Crippen LogP contribution in [-0.4, -0.2) is 36.4 Å². The number of carbonyl (C=O) groups excluding carboxylic acids is 1. The van der Waals surface area contributed by atoms with E-state index in [1.807, 2.05) is 25.9 Å². The Labute approximate surface area is 135 Å². The Kier molecular flexibility index (Phi) is 5.36. The highest BCUT2D eigenvalue weighted by molar-refractivity contribution is 6.10. The van der Waals surface area contributed by atoms with E-state index < -0.39 is 0 Å². The maximum atomic E-state index is 12.7. The van der Waals surface area contributed by atoms with Crippen molar-refractivity contribution in [3.05, 3.63) is 69.8 Å². The monoisotopic (exact) mass is 312 g/mol. The van der Waals surface area contributed by atoms with Crippen molar-refractivity contribution in [1.82, 2.24) is 9.88 Å². The lowest BCUT2D eigenvalue weighted by Gasteiger charge is -2.08. The van der Waals surface area contributed by atoms with Crippen LogP contribution < -0.4 is 10.3 Å². The maximum Gasteiger partial charge on any atom is 0.248 e. The second kappa shape index (κ2) is 7.45. The number of nitrogens with zero attached hydrogens (tertiary/aromatic N) is 1. The molecule has 120 valence electrons. The van der Waals surface area contributed by atoms with E-state index in [0.29, 0.717) is 23.4 Å². The number of ether oxygens (including phenoxy) is 1. The van der Waals surface area contributed by atoms with Crippen molar-refractivity contribution in [3.8, 4) is 5.75 Å². The number of carbonyl (C=O) groups is 1. The molecule has 0 atom stereocenters. The first-order valence-electron chi connectivity index (χ1n) is 7.36. The van der Waals surface area contributed by atoms with Gasteiger partial charge in [0.05, 0.1) is 12.3 Å². The van der Waals surface area contributed by atoms with Crippen molar-refractivity contribution in [3.63, 3.8) is 0 Å². The summed E-state index contributed by atoms with van der Waals surface area (Å²) < 4.78 is 5.38. The van der Waals surface area contributed by atoms with Crippen LogP contribution in [0.15, 0.2) is 47.4 Å². The van der Waals surface area contributed by atoms with E-state index in [-0.39, 0.29) is 11.3 Å². The normalized spacial score (nSPS) is 10.7. The lowest BCUT2D eigenvalue weighted by molar-refractivity contribution is 0.103. The molecule has 0 aliphatic carbocycles. The van der Waals surface area contributed by atoms with Crippen molar-refractivity contribution in [2.75, 3.05) is 20.7 Å². The predicted octanol–water partition coefficient (Wildman–Crippen LogP) is 2.54. The first kappa shape index (κ1) is 16.5. The van der Waals surface area contributed by atoms with Crippen LogP contribution in [0.3, 0.4) is 0 Å². The molecular formula is C18H20N2O3. The van der Waals surface area contributed by atoms with Crippen LogP contribution in [0.1, 0.15) is 28.5 Å². The third-order valence-electron chi connectivity index (χ3n) is 3.16. The third-order valence-corrected chi connectivity index (χ3v) is 3.16. The molecule has 0 saturated carbocycles. The first-order chi connectivity index (χ1) is 11.0. The van der Waals surface area contributed by atoms with Gasteiger partial charge in [0.1, 0.15) is 5.75 Å². The SMILES string of the molecule is CCOc1ccc(C(=O)c2ccc(=O)[nH]c2/C=C/N(C)C)cc1. The Morgan fingerprint density at radius 2 is 1.87 bits per heavy atom. The molecule has 0 radical (unpaired) electrons. The molecule has 2 aromatic rings. The molecule has 23 heavy (non-hydrogen) atoms. The highest BCUT2D eigenvalue weighted by Gasteiger charge is 2.13. The summed E-state index contributed by atoms with van der Waals surface area (Å²) >= 11 is 0. The van der Waals surface area contributed by atoms with Gasteiger partial charge in [-0.2, -0.15) is 0 Å². The quantitative estimate of drug-likeness (QED) is 0.833. The van der Waals surface area contributed by atoms with E-state index in [1.165, 1.54) is 6.07 Å². The zero-order valence-electron chi connectivity index (χ0n) is 13.5. The Bertz CT molecular complexity index is 759. The fourth-order valence-corrected chi connectivity index (χ4v) is 2.07. The number of ketones is 1. The van der Waals surface area contributed by atoms with E-state index in [9.17, 15) is 9.59 Å². The number of rotatable bonds is 6. The Hall–Kier alpha value is -2.82. The second-order valence-corrected chi connectivity index (χ2v) is 5.22. The topological polar surface area (TPSA) is 62.4 Å². The van der Waals surface area contributed by atoms with Gasteiger partial charge in [-0.3, -0.25) is 9.59 Å². The molecule has 0 unspecified atom stereocenters. The number of aromatic nitrogens is 1. The van der Waals surface area contributed by atoms with Crippen LogP contribution in [0.5, 0.6) is 5.75 Å². The first-order valence-corrected chi connectivity index (χ1v) is 7.36. The van der Waals surface area contributed by atoms with E-state index in [4.69, 9.17) is 4.74 Å². The maximum absolute atomic E-state index is 12.7. The van der Waals surface area contributed by atoms with Crippen LogP contribution in [0.4, 0.5) is 0 Å². The van der Waals surface area contributed by atoms with Crippen LogP contribution in [0.25, 0.3) is 6.08 Å². The van der Waals surface area contributed by atoms with Crippen molar-refractivity contribution in [1.29, 1.82) is 0 Å². The lowest BCUT2D eigenvalue weighted by atomic mass is 10.0. The molecule has 1 N–H and O–H groups in total. The molecule has 0 aliphatic heterocycles. The molecule has 5 heteroatoms. The summed E-state index contributed by atoms with van der Waals surface area (Å²) in [6, 6.07) is 9.87. The molecule has 5 nitrogen and oxygen atoms in total. The molecule has 1 heterocycles. The van der Waals surface area contributed by atoms with Crippen molar-refractivity contribution in [2.24, 2.45) is 0 Å². The minimum Gasteiger partial charge on any atom is -0.494 e. The minimum absolute atomic E-state index is 0.150. The van der Waals surface area contributed by atoms with Crippen molar-refractivity contribution >= 4 is 11.9 Å². The molecule has 0 bridgehead atoms. The van der Waals surface area contributed by atoms with Crippen LogP contribution in [0.2, 0.25) is 0 Å². The number of hydrogen-bond acceptors (Lipinski definition) is 4. The number of aromatic amines is 1. The second-order valence-electron chi connectivity index (χ2n) is 5.22. The van der Waals surface area contributed by atoms with Gasteiger partial charge in [-0.05, 0) is 43.3 Å². The lowest BCUT2D eigenvalue weighted by Crippen LogP contribution is -2.12. The molecular weight excluding hydrogens is 292 g/mol. The van der Waals surface area contributed by atoms with Gasteiger partial charge in [-0.25, -0.2) is 0 Å². The summed E-state index contributed by atoms with van der Waals surface area (Å²) in [5, 5.41) is 0. The highest BCUT2D eigenvalue weighted by Crippen LogP contribution is 2.17. The summed E-state index contributed by atoms with van der Waals surface area (Å²) in [7, 11) is 3.73. The summed E-state index contributed by atoms with van der Waals surface area (Å²) in [6.07, 6.45) is 3.49. The van der Waals surface area contributed by atoms with Crippen molar-refractivity contribution in [2.45, 2.75) is 6.92 Å². The number of pyridine rings is 1. The van der Waals surface area contributed by atoms with Gasteiger partial charge in [0.2, 0.25) is 5.56 Å². The van der Waals surface area contributed by atoms with Crippen LogP contribution in [-0.2, 0) is 0 Å². The minimum atomic E-state index is -0.244. The number of nitrogens with one attached hydrogen (secondary N) is 1.